The van der Waals surface area contributed by atoms with Crippen molar-refractivity contribution < 1.29 is 18.8 Å². The fourth-order valence-electron chi connectivity index (χ4n) is 6.26. The van der Waals surface area contributed by atoms with Crippen LogP contribution in [0.2, 0.25) is 10.0 Å². The highest BCUT2D eigenvalue weighted by molar-refractivity contribution is 6.31. The first-order valence-electron chi connectivity index (χ1n) is 12.2. The van der Waals surface area contributed by atoms with E-state index in [9.17, 15) is 14.4 Å². The molecule has 0 saturated carbocycles. The minimum absolute atomic E-state index is 0.0553. The normalized spacial score (nSPS) is 25.3. The van der Waals surface area contributed by atoms with Gasteiger partial charge in [0.15, 0.2) is 0 Å². The first kappa shape index (κ1) is 24.9. The number of carbonyl (C=O) groups is 3. The smallest absolute Gasteiger partial charge is 0.254 e. The van der Waals surface area contributed by atoms with Gasteiger partial charge in [0, 0.05) is 53.0 Å². The van der Waals surface area contributed by atoms with Gasteiger partial charge >= 0.3 is 0 Å². The number of hydrogen-bond donors (Lipinski definition) is 3. The summed E-state index contributed by atoms with van der Waals surface area (Å²) in [5, 5.41) is 9.52. The van der Waals surface area contributed by atoms with Gasteiger partial charge in [-0.25, -0.2) is 4.39 Å². The Balaban J connectivity index is 1.46. The van der Waals surface area contributed by atoms with Gasteiger partial charge in [-0.2, -0.15) is 0 Å². The zero-order valence-electron chi connectivity index (χ0n) is 20.2. The maximum Gasteiger partial charge on any atom is 0.254 e. The van der Waals surface area contributed by atoms with E-state index in [0.29, 0.717) is 40.5 Å². The molecule has 3 N–H and O–H groups in total. The molecular formula is C28H23Cl2FN4O3. The Kier molecular flexibility index (Phi) is 5.94. The summed E-state index contributed by atoms with van der Waals surface area (Å²) in [7, 11) is 0. The Morgan fingerprint density at radius 3 is 2.61 bits per heavy atom. The molecule has 10 heteroatoms. The van der Waals surface area contributed by atoms with Gasteiger partial charge in [0.1, 0.15) is 11.4 Å². The molecule has 38 heavy (non-hydrogen) atoms. The lowest BCUT2D eigenvalue weighted by Gasteiger charge is -2.36. The predicted octanol–water partition coefficient (Wildman–Crippen LogP) is 4.91. The number of likely N-dealkylation sites (tertiary alicyclic amines) is 1. The number of rotatable bonds is 3. The van der Waals surface area contributed by atoms with E-state index < -0.39 is 23.3 Å². The van der Waals surface area contributed by atoms with Crippen LogP contribution < -0.4 is 16.0 Å². The first-order chi connectivity index (χ1) is 18.2. The van der Waals surface area contributed by atoms with Crippen molar-refractivity contribution in [1.82, 2.24) is 10.2 Å². The third-order valence-corrected chi connectivity index (χ3v) is 8.24. The molecule has 3 heterocycles. The summed E-state index contributed by atoms with van der Waals surface area (Å²) in [6.45, 7) is 1.84. The molecule has 3 aromatic carbocycles. The van der Waals surface area contributed by atoms with Gasteiger partial charge < -0.3 is 15.5 Å². The number of nitrogens with zero attached hydrogens (tertiary/aromatic N) is 1. The van der Waals surface area contributed by atoms with Gasteiger partial charge in [0.25, 0.3) is 5.91 Å². The van der Waals surface area contributed by atoms with Crippen LogP contribution in [0.1, 0.15) is 40.7 Å². The summed E-state index contributed by atoms with van der Waals surface area (Å²) in [4.78, 5) is 40.6. The van der Waals surface area contributed by atoms with E-state index in [2.05, 4.69) is 16.0 Å². The minimum Gasteiger partial charge on any atom is -0.333 e. The molecule has 2 saturated heterocycles. The highest BCUT2D eigenvalue weighted by Gasteiger charge is 2.65. The average molecular weight is 553 g/mol. The van der Waals surface area contributed by atoms with E-state index >= 15 is 4.39 Å². The van der Waals surface area contributed by atoms with Gasteiger partial charge in [0.05, 0.1) is 11.1 Å². The van der Waals surface area contributed by atoms with Crippen LogP contribution in [0, 0.1) is 5.82 Å². The molecule has 6 rings (SSSR count). The van der Waals surface area contributed by atoms with E-state index in [1.54, 1.807) is 59.5 Å². The summed E-state index contributed by atoms with van der Waals surface area (Å²) < 4.78 is 15.7. The lowest BCUT2D eigenvalue weighted by molar-refractivity contribution is -0.122. The minimum atomic E-state index is -1.32. The van der Waals surface area contributed by atoms with Crippen molar-refractivity contribution in [2.45, 2.75) is 36.9 Å². The van der Waals surface area contributed by atoms with Crippen molar-refractivity contribution in [3.8, 4) is 0 Å². The molecule has 4 atom stereocenters. The molecule has 3 aromatic rings. The average Bonchev–Trinajstić information content (AvgIpc) is 3.51. The van der Waals surface area contributed by atoms with Crippen LogP contribution in [0.3, 0.4) is 0 Å². The quantitative estimate of drug-likeness (QED) is 0.430. The van der Waals surface area contributed by atoms with Crippen LogP contribution in [0.4, 0.5) is 15.8 Å². The third-order valence-electron chi connectivity index (χ3n) is 7.72. The Bertz CT molecular complexity index is 1500. The van der Waals surface area contributed by atoms with Crippen molar-refractivity contribution in [2.24, 2.45) is 0 Å². The number of hydrogen-bond acceptors (Lipinski definition) is 4. The second-order valence-corrected chi connectivity index (χ2v) is 10.7. The van der Waals surface area contributed by atoms with Gasteiger partial charge in [-0.1, -0.05) is 41.4 Å². The maximum atomic E-state index is 15.7. The van der Waals surface area contributed by atoms with E-state index in [1.807, 2.05) is 0 Å². The highest BCUT2D eigenvalue weighted by Crippen LogP contribution is 2.55. The molecule has 0 radical (unpaired) electrons. The van der Waals surface area contributed by atoms with Gasteiger partial charge in [0.2, 0.25) is 11.8 Å². The highest BCUT2D eigenvalue weighted by atomic mass is 35.5. The molecule has 1 spiro atoms. The van der Waals surface area contributed by atoms with Crippen LogP contribution in [-0.2, 0) is 15.1 Å². The van der Waals surface area contributed by atoms with Gasteiger partial charge in [-0.15, -0.1) is 0 Å². The van der Waals surface area contributed by atoms with Crippen LogP contribution in [0.5, 0.6) is 0 Å². The van der Waals surface area contributed by atoms with Gasteiger partial charge in [-0.05, 0) is 54.4 Å². The topological polar surface area (TPSA) is 90.5 Å². The summed E-state index contributed by atoms with van der Waals surface area (Å²) in [6, 6.07) is 15.7. The second-order valence-electron chi connectivity index (χ2n) is 9.86. The molecule has 194 valence electrons. The number of halogens is 3. The van der Waals surface area contributed by atoms with Gasteiger partial charge in [-0.3, -0.25) is 19.7 Å². The molecule has 2 fully saturated rings. The first-order valence-corrected chi connectivity index (χ1v) is 13.0. The lowest BCUT2D eigenvalue weighted by Crippen LogP contribution is -2.50. The molecule has 0 aliphatic carbocycles. The SMILES string of the molecule is CC(=O)Nc1ccc(C(=O)N2CC[C@@H]3N[C@@]4(C(=O)Nc5cc(Cl)ccc54)[C@@H](c4cccc(Cl)c4F)C32)cc1. The Labute approximate surface area is 228 Å². The molecule has 3 aliphatic heterocycles. The zero-order valence-corrected chi connectivity index (χ0v) is 21.7. The van der Waals surface area contributed by atoms with Crippen molar-refractivity contribution in [1.29, 1.82) is 0 Å². The number of nitrogens with one attached hydrogen (secondary N) is 3. The molecule has 0 bridgehead atoms. The van der Waals surface area contributed by atoms with E-state index in [1.165, 1.54) is 13.0 Å². The van der Waals surface area contributed by atoms with Crippen molar-refractivity contribution in [2.75, 3.05) is 17.2 Å². The van der Waals surface area contributed by atoms with E-state index in [4.69, 9.17) is 23.2 Å². The molecule has 1 unspecified atom stereocenters. The molecule has 3 amide bonds. The van der Waals surface area contributed by atoms with Crippen molar-refractivity contribution in [3.63, 3.8) is 0 Å². The fourth-order valence-corrected chi connectivity index (χ4v) is 6.62. The summed E-state index contributed by atoms with van der Waals surface area (Å²) in [6.07, 6.45) is 0.580. The van der Waals surface area contributed by atoms with E-state index in [-0.39, 0.29) is 34.3 Å². The summed E-state index contributed by atoms with van der Waals surface area (Å²) >= 11 is 12.4. The lowest BCUT2D eigenvalue weighted by atomic mass is 9.74. The number of carbonyl (C=O) groups excluding carboxylic acids is 3. The largest absolute Gasteiger partial charge is 0.333 e. The monoisotopic (exact) mass is 552 g/mol. The molecule has 0 aromatic heterocycles. The number of benzene rings is 3. The number of fused-ring (bicyclic) bond motifs is 3. The molecule has 7 nitrogen and oxygen atoms in total. The molecule has 3 aliphatic rings. The van der Waals surface area contributed by atoms with Crippen molar-refractivity contribution >= 4 is 52.3 Å². The Morgan fingerprint density at radius 1 is 1.11 bits per heavy atom. The van der Waals surface area contributed by atoms with E-state index in [0.717, 1.165) is 0 Å². The van der Waals surface area contributed by atoms with Crippen LogP contribution in [-0.4, -0.2) is 41.2 Å². The van der Waals surface area contributed by atoms with Crippen LogP contribution >= 0.6 is 23.2 Å². The van der Waals surface area contributed by atoms with Crippen molar-refractivity contribution in [3.05, 3.63) is 93.2 Å². The number of anilines is 2. The standard InChI is InChI=1S/C28H23Cl2FN4O3/c1-14(36)32-17-8-5-15(6-9-17)26(37)35-12-11-21-25(35)23(18-3-2-4-20(30)24(18)31)28(34-21)19-10-7-16(29)13-22(19)33-27(28)38/h2-10,13,21,23,25,34H,11-12H2,1H3,(H,32,36)(H,33,38)/t21-,23-,25?,28+/m0/s1. The third kappa shape index (κ3) is 3.70. The van der Waals surface area contributed by atoms with Crippen LogP contribution in [0.15, 0.2) is 60.7 Å². The van der Waals surface area contributed by atoms with Crippen LogP contribution in [0.25, 0.3) is 0 Å². The second kappa shape index (κ2) is 9.08. The fraction of sp³-hybridized carbons (Fsp3) is 0.250. The Morgan fingerprint density at radius 2 is 1.87 bits per heavy atom. The zero-order chi connectivity index (χ0) is 26.8. The molecular weight excluding hydrogens is 530 g/mol. The maximum absolute atomic E-state index is 15.7. The number of amides is 3. The predicted molar refractivity (Wildman–Crippen MR) is 143 cm³/mol. The summed E-state index contributed by atoms with van der Waals surface area (Å²) in [5.41, 5.74) is 1.14. The Hall–Kier alpha value is -3.46. The summed E-state index contributed by atoms with van der Waals surface area (Å²) in [5.74, 6) is -2.17.